The fourth-order valence-corrected chi connectivity index (χ4v) is 2.45. The van der Waals surface area contributed by atoms with E-state index in [4.69, 9.17) is 0 Å². The first-order valence-corrected chi connectivity index (χ1v) is 6.25. The van der Waals surface area contributed by atoms with E-state index in [0.29, 0.717) is 12.6 Å². The highest BCUT2D eigenvalue weighted by Crippen LogP contribution is 2.09. The maximum Gasteiger partial charge on any atom is 0.186 e. The van der Waals surface area contributed by atoms with Crippen molar-refractivity contribution in [3.8, 4) is 0 Å². The predicted octanol–water partition coefficient (Wildman–Crippen LogP) is 1.69. The van der Waals surface area contributed by atoms with E-state index in [1.165, 1.54) is 24.2 Å². The first-order valence-electron chi connectivity index (χ1n) is 5.37. The van der Waals surface area contributed by atoms with Gasteiger partial charge in [-0.25, -0.2) is 0 Å². The lowest BCUT2D eigenvalue weighted by molar-refractivity contribution is 0.0989. The Bertz CT molecular complexity index is 310. The van der Waals surface area contributed by atoms with Gasteiger partial charge in [-0.05, 0) is 30.8 Å². The molecule has 1 saturated heterocycles. The summed E-state index contributed by atoms with van der Waals surface area (Å²) in [6.07, 6.45) is 2.37. The third-order valence-corrected chi connectivity index (χ3v) is 3.56. The predicted molar refractivity (Wildman–Crippen MR) is 69.8 cm³/mol. The van der Waals surface area contributed by atoms with Gasteiger partial charge in [-0.1, -0.05) is 6.07 Å². The van der Waals surface area contributed by atoms with Crippen molar-refractivity contribution in [1.82, 2.24) is 10.6 Å². The molecular weight excluding hydrogens is 244 g/mol. The average molecular weight is 261 g/mol. The van der Waals surface area contributed by atoms with Crippen LogP contribution in [0.4, 0.5) is 0 Å². The third kappa shape index (κ3) is 3.87. The van der Waals surface area contributed by atoms with Gasteiger partial charge in [-0.3, -0.25) is 4.79 Å². The molecule has 0 aliphatic carbocycles. The lowest BCUT2D eigenvalue weighted by atomic mass is 10.1. The summed E-state index contributed by atoms with van der Waals surface area (Å²) in [5.41, 5.74) is 0. The Balaban J connectivity index is 0.00000128. The summed E-state index contributed by atoms with van der Waals surface area (Å²) >= 11 is 1.51. The smallest absolute Gasteiger partial charge is 0.186 e. The first-order chi connectivity index (χ1) is 7.36. The topological polar surface area (TPSA) is 41.1 Å². The van der Waals surface area contributed by atoms with Crippen molar-refractivity contribution in [2.45, 2.75) is 18.9 Å². The van der Waals surface area contributed by atoms with Gasteiger partial charge in [0.05, 0.1) is 11.4 Å². The summed E-state index contributed by atoms with van der Waals surface area (Å²) in [5.74, 6) is 0.204. The molecule has 0 amide bonds. The zero-order valence-electron chi connectivity index (χ0n) is 9.07. The van der Waals surface area contributed by atoms with E-state index in [2.05, 4.69) is 10.6 Å². The fraction of sp³-hybridized carbons (Fsp3) is 0.545. The van der Waals surface area contributed by atoms with Crippen molar-refractivity contribution in [2.24, 2.45) is 0 Å². The number of thiophene rings is 1. The molecule has 1 aromatic heterocycles. The van der Waals surface area contributed by atoms with Gasteiger partial charge >= 0.3 is 0 Å². The van der Waals surface area contributed by atoms with Crippen molar-refractivity contribution in [3.05, 3.63) is 22.4 Å². The highest BCUT2D eigenvalue weighted by molar-refractivity contribution is 7.12. The van der Waals surface area contributed by atoms with Crippen molar-refractivity contribution in [3.63, 3.8) is 0 Å². The summed E-state index contributed by atoms with van der Waals surface area (Å²) in [5, 5.41) is 8.57. The lowest BCUT2D eigenvalue weighted by Crippen LogP contribution is -2.44. The van der Waals surface area contributed by atoms with Crippen LogP contribution in [0.2, 0.25) is 0 Å². The molecule has 2 rings (SSSR count). The Morgan fingerprint density at radius 1 is 1.62 bits per heavy atom. The normalized spacial score (nSPS) is 20.1. The lowest BCUT2D eigenvalue weighted by Gasteiger charge is -2.23. The Labute approximate surface area is 106 Å². The molecule has 3 nitrogen and oxygen atoms in total. The second kappa shape index (κ2) is 7.01. The van der Waals surface area contributed by atoms with E-state index in [1.54, 1.807) is 0 Å². The van der Waals surface area contributed by atoms with Crippen LogP contribution in [0.15, 0.2) is 17.5 Å². The van der Waals surface area contributed by atoms with Gasteiger partial charge in [-0.15, -0.1) is 23.7 Å². The molecule has 90 valence electrons. The molecule has 0 bridgehead atoms. The Morgan fingerprint density at radius 2 is 2.50 bits per heavy atom. The van der Waals surface area contributed by atoms with Crippen LogP contribution in [0.5, 0.6) is 0 Å². The molecule has 0 saturated carbocycles. The summed E-state index contributed by atoms with van der Waals surface area (Å²) in [4.78, 5) is 12.5. The minimum Gasteiger partial charge on any atom is -0.315 e. The van der Waals surface area contributed by atoms with Crippen LogP contribution in [0.3, 0.4) is 0 Å². The second-order valence-electron chi connectivity index (χ2n) is 3.82. The number of carbonyl (C=O) groups excluding carboxylic acids is 1. The SMILES string of the molecule is Cl.O=C(CNC1CCCNC1)c1cccs1. The van der Waals surface area contributed by atoms with E-state index < -0.39 is 0 Å². The Morgan fingerprint density at radius 3 is 3.12 bits per heavy atom. The van der Waals surface area contributed by atoms with Crippen LogP contribution < -0.4 is 10.6 Å². The monoisotopic (exact) mass is 260 g/mol. The molecule has 2 heterocycles. The number of nitrogens with one attached hydrogen (secondary N) is 2. The quantitative estimate of drug-likeness (QED) is 0.810. The van der Waals surface area contributed by atoms with E-state index in [9.17, 15) is 4.79 Å². The highest BCUT2D eigenvalue weighted by Gasteiger charge is 2.14. The Kier molecular flexibility index (Phi) is 5.98. The summed E-state index contributed by atoms with van der Waals surface area (Å²) in [7, 11) is 0. The Hall–Kier alpha value is -0.420. The summed E-state index contributed by atoms with van der Waals surface area (Å²) < 4.78 is 0. The van der Waals surface area contributed by atoms with Gasteiger partial charge in [0.25, 0.3) is 0 Å². The number of hydrogen-bond acceptors (Lipinski definition) is 4. The van der Waals surface area contributed by atoms with Gasteiger partial charge in [0.15, 0.2) is 5.78 Å². The van der Waals surface area contributed by atoms with Crippen molar-refractivity contribution < 1.29 is 4.79 Å². The van der Waals surface area contributed by atoms with Gasteiger partial charge < -0.3 is 10.6 Å². The van der Waals surface area contributed by atoms with Crippen LogP contribution in [-0.4, -0.2) is 31.5 Å². The van der Waals surface area contributed by atoms with E-state index >= 15 is 0 Å². The highest BCUT2D eigenvalue weighted by atomic mass is 35.5. The van der Waals surface area contributed by atoms with Crippen LogP contribution in [0.1, 0.15) is 22.5 Å². The first kappa shape index (κ1) is 13.6. The van der Waals surface area contributed by atoms with E-state index in [1.807, 2.05) is 17.5 Å². The maximum atomic E-state index is 11.7. The van der Waals surface area contributed by atoms with Crippen molar-refractivity contribution in [1.29, 1.82) is 0 Å². The third-order valence-electron chi connectivity index (χ3n) is 2.64. The standard InChI is InChI=1S/C11H16N2OS.ClH/c14-10(11-4-2-6-15-11)8-13-9-3-1-5-12-7-9;/h2,4,6,9,12-13H,1,3,5,7-8H2;1H. The molecule has 2 N–H and O–H groups in total. The molecule has 1 unspecified atom stereocenters. The van der Waals surface area contributed by atoms with E-state index in [0.717, 1.165) is 18.0 Å². The molecule has 1 aliphatic rings. The van der Waals surface area contributed by atoms with Gasteiger partial charge in [0, 0.05) is 12.6 Å². The van der Waals surface area contributed by atoms with Gasteiger partial charge in [0.1, 0.15) is 0 Å². The van der Waals surface area contributed by atoms with Gasteiger partial charge in [0.2, 0.25) is 0 Å². The summed E-state index contributed by atoms with van der Waals surface area (Å²) in [6, 6.07) is 4.26. The molecule has 1 aliphatic heterocycles. The number of halogens is 1. The van der Waals surface area contributed by atoms with Crippen LogP contribution >= 0.6 is 23.7 Å². The number of hydrogen-bond donors (Lipinski definition) is 2. The number of piperidine rings is 1. The van der Waals surface area contributed by atoms with Crippen molar-refractivity contribution >= 4 is 29.5 Å². The number of rotatable bonds is 4. The molecule has 0 spiro atoms. The van der Waals surface area contributed by atoms with Crippen LogP contribution in [0, 0.1) is 0 Å². The number of ketones is 1. The zero-order chi connectivity index (χ0) is 10.5. The molecule has 0 aromatic carbocycles. The molecule has 1 atom stereocenters. The number of carbonyl (C=O) groups is 1. The molecule has 1 fully saturated rings. The fourth-order valence-electron chi connectivity index (χ4n) is 1.79. The van der Waals surface area contributed by atoms with Gasteiger partial charge in [-0.2, -0.15) is 0 Å². The molecular formula is C11H17ClN2OS. The zero-order valence-corrected chi connectivity index (χ0v) is 10.7. The van der Waals surface area contributed by atoms with Crippen LogP contribution in [-0.2, 0) is 0 Å². The average Bonchev–Trinajstić information content (AvgIpc) is 2.81. The maximum absolute atomic E-state index is 11.7. The number of Topliss-reactive ketones (excluding diaryl/α,β-unsaturated/α-hetero) is 1. The molecule has 1 aromatic rings. The molecule has 5 heteroatoms. The minimum absolute atomic E-state index is 0. The van der Waals surface area contributed by atoms with Crippen LogP contribution in [0.25, 0.3) is 0 Å². The van der Waals surface area contributed by atoms with E-state index in [-0.39, 0.29) is 18.2 Å². The largest absolute Gasteiger partial charge is 0.315 e. The summed E-state index contributed by atoms with van der Waals surface area (Å²) in [6.45, 7) is 2.56. The van der Waals surface area contributed by atoms with Crippen molar-refractivity contribution in [2.75, 3.05) is 19.6 Å². The molecule has 0 radical (unpaired) electrons. The minimum atomic E-state index is 0. The molecule has 16 heavy (non-hydrogen) atoms. The second-order valence-corrected chi connectivity index (χ2v) is 4.77.